The second-order valence-corrected chi connectivity index (χ2v) is 7.04. The van der Waals surface area contributed by atoms with Gasteiger partial charge in [0.1, 0.15) is 11.6 Å². The van der Waals surface area contributed by atoms with Crippen LogP contribution in [-0.4, -0.2) is 23.7 Å². The minimum atomic E-state index is -0.403. The van der Waals surface area contributed by atoms with Crippen molar-refractivity contribution >= 4 is 5.97 Å². The lowest BCUT2D eigenvalue weighted by molar-refractivity contribution is -0.157. The predicted molar refractivity (Wildman–Crippen MR) is 74.4 cm³/mol. The molecular weight excluding hydrogens is 226 g/mol. The fourth-order valence-electron chi connectivity index (χ4n) is 2.89. The van der Waals surface area contributed by atoms with E-state index in [9.17, 15) is 4.79 Å². The topological polar surface area (TPSA) is 38.3 Å². The third-order valence-corrected chi connectivity index (χ3v) is 3.42. The van der Waals surface area contributed by atoms with Gasteiger partial charge in [-0.3, -0.25) is 4.79 Å². The molecule has 1 fully saturated rings. The molecule has 0 aromatic heterocycles. The molecule has 0 radical (unpaired) electrons. The van der Waals surface area contributed by atoms with Crippen LogP contribution in [0.5, 0.6) is 0 Å². The van der Waals surface area contributed by atoms with Crippen LogP contribution in [0.3, 0.4) is 0 Å². The standard InChI is InChI=1S/C15H29NO2/c1-10-7-11(2)9-13(8-10)16-12(3)14(17)18-15(4,5)6/h10-13,16H,7-9H2,1-6H3. The molecule has 3 nitrogen and oxygen atoms in total. The average molecular weight is 255 g/mol. The Kier molecular flexibility index (Phi) is 5.20. The zero-order chi connectivity index (χ0) is 13.9. The summed E-state index contributed by atoms with van der Waals surface area (Å²) in [5.74, 6) is 1.35. The van der Waals surface area contributed by atoms with Gasteiger partial charge in [0.05, 0.1) is 0 Å². The van der Waals surface area contributed by atoms with Gasteiger partial charge >= 0.3 is 5.97 Å². The van der Waals surface area contributed by atoms with E-state index in [1.807, 2.05) is 27.7 Å². The third kappa shape index (κ3) is 5.38. The second-order valence-electron chi connectivity index (χ2n) is 7.04. The molecule has 0 aliphatic heterocycles. The van der Waals surface area contributed by atoms with Crippen LogP contribution in [0.25, 0.3) is 0 Å². The Labute approximate surface area is 112 Å². The third-order valence-electron chi connectivity index (χ3n) is 3.42. The van der Waals surface area contributed by atoms with Crippen LogP contribution < -0.4 is 5.32 Å². The predicted octanol–water partition coefficient (Wildman–Crippen LogP) is 3.13. The highest BCUT2D eigenvalue weighted by Gasteiger charge is 2.28. The van der Waals surface area contributed by atoms with Crippen molar-refractivity contribution in [3.05, 3.63) is 0 Å². The minimum absolute atomic E-state index is 0.145. The Morgan fingerprint density at radius 2 is 1.67 bits per heavy atom. The van der Waals surface area contributed by atoms with Crippen molar-refractivity contribution in [2.45, 2.75) is 78.5 Å². The van der Waals surface area contributed by atoms with E-state index in [0.29, 0.717) is 6.04 Å². The summed E-state index contributed by atoms with van der Waals surface area (Å²) in [6.45, 7) is 12.2. The quantitative estimate of drug-likeness (QED) is 0.787. The number of ether oxygens (including phenoxy) is 1. The Hall–Kier alpha value is -0.570. The normalized spacial score (nSPS) is 30.9. The Morgan fingerprint density at radius 3 is 2.11 bits per heavy atom. The van der Waals surface area contributed by atoms with Crippen molar-refractivity contribution in [2.24, 2.45) is 11.8 Å². The van der Waals surface area contributed by atoms with Crippen molar-refractivity contribution in [2.75, 3.05) is 0 Å². The lowest BCUT2D eigenvalue weighted by Crippen LogP contribution is -2.46. The number of rotatable bonds is 3. The van der Waals surface area contributed by atoms with Gasteiger partial charge in [-0.15, -0.1) is 0 Å². The summed E-state index contributed by atoms with van der Waals surface area (Å²) in [4.78, 5) is 11.9. The Bertz CT molecular complexity index is 273. The molecule has 0 amide bonds. The summed E-state index contributed by atoms with van der Waals surface area (Å²) >= 11 is 0. The maximum absolute atomic E-state index is 11.9. The van der Waals surface area contributed by atoms with Crippen LogP contribution in [0, 0.1) is 11.8 Å². The van der Waals surface area contributed by atoms with Gasteiger partial charge in [0.25, 0.3) is 0 Å². The second kappa shape index (κ2) is 6.05. The fourth-order valence-corrected chi connectivity index (χ4v) is 2.89. The molecule has 0 saturated heterocycles. The zero-order valence-electron chi connectivity index (χ0n) is 12.7. The Morgan fingerprint density at radius 1 is 1.17 bits per heavy atom. The van der Waals surface area contributed by atoms with Gasteiger partial charge in [-0.1, -0.05) is 13.8 Å². The Balaban J connectivity index is 2.44. The van der Waals surface area contributed by atoms with E-state index >= 15 is 0 Å². The number of hydrogen-bond acceptors (Lipinski definition) is 3. The molecule has 0 aromatic carbocycles. The summed E-state index contributed by atoms with van der Waals surface area (Å²) in [7, 11) is 0. The number of carbonyl (C=O) groups excluding carboxylic acids is 1. The van der Waals surface area contributed by atoms with Crippen LogP contribution in [0.4, 0.5) is 0 Å². The summed E-state index contributed by atoms with van der Waals surface area (Å²) in [5, 5.41) is 3.43. The number of esters is 1. The van der Waals surface area contributed by atoms with Crippen LogP contribution >= 0.6 is 0 Å². The van der Waals surface area contributed by atoms with E-state index in [0.717, 1.165) is 24.7 Å². The fraction of sp³-hybridized carbons (Fsp3) is 0.933. The highest BCUT2D eigenvalue weighted by atomic mass is 16.6. The molecule has 18 heavy (non-hydrogen) atoms. The maximum Gasteiger partial charge on any atom is 0.323 e. The van der Waals surface area contributed by atoms with E-state index in [-0.39, 0.29) is 12.0 Å². The zero-order valence-corrected chi connectivity index (χ0v) is 12.7. The van der Waals surface area contributed by atoms with Crippen LogP contribution in [0.1, 0.15) is 60.8 Å². The largest absolute Gasteiger partial charge is 0.459 e. The van der Waals surface area contributed by atoms with E-state index in [4.69, 9.17) is 4.74 Å². The van der Waals surface area contributed by atoms with Gasteiger partial charge in [0.2, 0.25) is 0 Å². The lowest BCUT2D eigenvalue weighted by atomic mass is 9.80. The van der Waals surface area contributed by atoms with Crippen molar-refractivity contribution in [1.82, 2.24) is 5.32 Å². The van der Waals surface area contributed by atoms with Crippen LogP contribution in [-0.2, 0) is 9.53 Å². The SMILES string of the molecule is CC1CC(C)CC(NC(C)C(=O)OC(C)(C)C)C1. The molecular formula is C15H29NO2. The molecule has 1 rings (SSSR count). The van der Waals surface area contributed by atoms with Crippen LogP contribution in [0.2, 0.25) is 0 Å². The smallest absolute Gasteiger partial charge is 0.323 e. The van der Waals surface area contributed by atoms with E-state index < -0.39 is 5.60 Å². The summed E-state index contributed by atoms with van der Waals surface area (Å²) in [6, 6.07) is 0.234. The molecule has 106 valence electrons. The number of nitrogens with one attached hydrogen (secondary N) is 1. The van der Waals surface area contributed by atoms with Crippen LogP contribution in [0.15, 0.2) is 0 Å². The molecule has 0 aromatic rings. The highest BCUT2D eigenvalue weighted by Crippen LogP contribution is 2.28. The molecule has 3 heteroatoms. The summed E-state index contributed by atoms with van der Waals surface area (Å²) in [5.41, 5.74) is -0.403. The minimum Gasteiger partial charge on any atom is -0.459 e. The molecule has 1 saturated carbocycles. The average Bonchev–Trinajstić information content (AvgIpc) is 2.12. The molecule has 0 bridgehead atoms. The van der Waals surface area contributed by atoms with Crippen molar-refractivity contribution in [3.8, 4) is 0 Å². The molecule has 0 heterocycles. The van der Waals surface area contributed by atoms with Gasteiger partial charge in [-0.05, 0) is 58.8 Å². The molecule has 3 atom stereocenters. The van der Waals surface area contributed by atoms with E-state index in [1.165, 1.54) is 6.42 Å². The molecule has 1 aliphatic rings. The number of hydrogen-bond donors (Lipinski definition) is 1. The summed E-state index contributed by atoms with van der Waals surface area (Å²) < 4.78 is 5.39. The van der Waals surface area contributed by atoms with Crippen molar-refractivity contribution in [3.63, 3.8) is 0 Å². The van der Waals surface area contributed by atoms with Gasteiger partial charge in [0, 0.05) is 6.04 Å². The summed E-state index contributed by atoms with van der Waals surface area (Å²) in [6.07, 6.45) is 3.63. The van der Waals surface area contributed by atoms with Crippen molar-refractivity contribution in [1.29, 1.82) is 0 Å². The first-order chi connectivity index (χ1) is 8.17. The molecule has 0 spiro atoms. The molecule has 1 N–H and O–H groups in total. The number of carbonyl (C=O) groups is 1. The van der Waals surface area contributed by atoms with E-state index in [1.54, 1.807) is 0 Å². The van der Waals surface area contributed by atoms with E-state index in [2.05, 4.69) is 19.2 Å². The van der Waals surface area contributed by atoms with Gasteiger partial charge < -0.3 is 10.1 Å². The monoisotopic (exact) mass is 255 g/mol. The van der Waals surface area contributed by atoms with Gasteiger partial charge in [0.15, 0.2) is 0 Å². The molecule has 1 aliphatic carbocycles. The first-order valence-electron chi connectivity index (χ1n) is 7.16. The maximum atomic E-state index is 11.9. The first-order valence-corrected chi connectivity index (χ1v) is 7.16. The first kappa shape index (κ1) is 15.5. The molecule has 3 unspecified atom stereocenters. The lowest BCUT2D eigenvalue weighted by Gasteiger charge is -2.34. The van der Waals surface area contributed by atoms with Gasteiger partial charge in [-0.25, -0.2) is 0 Å². The van der Waals surface area contributed by atoms with Gasteiger partial charge in [-0.2, -0.15) is 0 Å². The highest BCUT2D eigenvalue weighted by molar-refractivity contribution is 5.75. The van der Waals surface area contributed by atoms with Crippen molar-refractivity contribution < 1.29 is 9.53 Å².